The standard InChI is InChI=1S/C26H36N4O6S/c1-17(2)27-26(33)29(5)15-24-18(3)14-30(19(4)16-31)25(32)22-13-20(11-12-23(22)36-24)28-37(34,35)21-9-7-6-8-10-21/h6-13,17-19,24,28,31H,14-16H2,1-5H3,(H,27,33)/t18-,19+,24-/m1/s1. The molecular weight excluding hydrogens is 496 g/mol. The molecule has 37 heavy (non-hydrogen) atoms. The molecule has 1 heterocycles. The summed E-state index contributed by atoms with van der Waals surface area (Å²) in [7, 11) is -2.20. The molecule has 0 fully saturated rings. The summed E-state index contributed by atoms with van der Waals surface area (Å²) in [6.45, 7) is 7.72. The fourth-order valence-corrected chi connectivity index (χ4v) is 5.10. The third-order valence-electron chi connectivity index (χ3n) is 6.18. The predicted molar refractivity (Wildman–Crippen MR) is 141 cm³/mol. The number of anilines is 1. The average Bonchev–Trinajstić information content (AvgIpc) is 2.85. The number of hydrogen-bond acceptors (Lipinski definition) is 6. The van der Waals surface area contributed by atoms with Gasteiger partial charge in [-0.05, 0) is 51.1 Å². The summed E-state index contributed by atoms with van der Waals surface area (Å²) in [6.07, 6.45) is -0.463. The van der Waals surface area contributed by atoms with Gasteiger partial charge < -0.3 is 25.0 Å². The topological polar surface area (TPSA) is 128 Å². The lowest BCUT2D eigenvalue weighted by molar-refractivity contribution is 0.0366. The Bertz CT molecular complexity index is 1200. The first-order valence-corrected chi connectivity index (χ1v) is 13.7. The van der Waals surface area contributed by atoms with Crippen LogP contribution in [0.3, 0.4) is 0 Å². The number of fused-ring (bicyclic) bond motifs is 1. The number of sulfonamides is 1. The van der Waals surface area contributed by atoms with E-state index in [0.29, 0.717) is 0 Å². The third-order valence-corrected chi connectivity index (χ3v) is 7.58. The zero-order valence-corrected chi connectivity index (χ0v) is 22.7. The molecule has 0 aliphatic carbocycles. The lowest BCUT2D eigenvalue weighted by atomic mass is 9.99. The van der Waals surface area contributed by atoms with Crippen LogP contribution in [0.5, 0.6) is 5.75 Å². The Morgan fingerprint density at radius 2 is 1.86 bits per heavy atom. The van der Waals surface area contributed by atoms with Crippen LogP contribution in [0.1, 0.15) is 38.1 Å². The molecule has 3 N–H and O–H groups in total. The first kappa shape index (κ1) is 28.3. The fourth-order valence-electron chi connectivity index (χ4n) is 4.03. The number of aliphatic hydroxyl groups excluding tert-OH is 1. The smallest absolute Gasteiger partial charge is 0.317 e. The summed E-state index contributed by atoms with van der Waals surface area (Å²) in [5.41, 5.74) is 0.370. The fraction of sp³-hybridized carbons (Fsp3) is 0.462. The maximum absolute atomic E-state index is 13.6. The highest BCUT2D eigenvalue weighted by Crippen LogP contribution is 2.31. The van der Waals surface area contributed by atoms with Gasteiger partial charge in [0.15, 0.2) is 0 Å². The van der Waals surface area contributed by atoms with Crippen LogP contribution in [-0.2, 0) is 10.0 Å². The molecule has 2 aromatic rings. The second-order valence-corrected chi connectivity index (χ2v) is 11.4. The van der Waals surface area contributed by atoms with Gasteiger partial charge in [-0.25, -0.2) is 13.2 Å². The summed E-state index contributed by atoms with van der Waals surface area (Å²) in [5, 5.41) is 12.7. The number of aliphatic hydroxyl groups is 1. The van der Waals surface area contributed by atoms with Gasteiger partial charge in [-0.2, -0.15) is 0 Å². The molecule has 0 bridgehead atoms. The Balaban J connectivity index is 1.96. The van der Waals surface area contributed by atoms with E-state index >= 15 is 0 Å². The molecule has 1 aliphatic rings. The molecule has 0 spiro atoms. The van der Waals surface area contributed by atoms with Crippen LogP contribution in [0.2, 0.25) is 0 Å². The Labute approximate surface area is 218 Å². The van der Waals surface area contributed by atoms with Crippen LogP contribution in [0.25, 0.3) is 0 Å². The number of benzene rings is 2. The molecule has 3 rings (SSSR count). The number of carbonyl (C=O) groups excluding carboxylic acids is 2. The molecule has 10 nitrogen and oxygen atoms in total. The molecule has 0 aromatic heterocycles. The lowest BCUT2D eigenvalue weighted by Crippen LogP contribution is -2.51. The average molecular weight is 533 g/mol. The minimum absolute atomic E-state index is 0.0250. The first-order chi connectivity index (χ1) is 17.4. The zero-order chi connectivity index (χ0) is 27.3. The van der Waals surface area contributed by atoms with E-state index in [1.54, 1.807) is 43.1 Å². The van der Waals surface area contributed by atoms with Crippen molar-refractivity contribution in [3.63, 3.8) is 0 Å². The van der Waals surface area contributed by atoms with Gasteiger partial charge in [-0.1, -0.05) is 25.1 Å². The van der Waals surface area contributed by atoms with Crippen LogP contribution < -0.4 is 14.8 Å². The van der Waals surface area contributed by atoms with Crippen LogP contribution >= 0.6 is 0 Å². The first-order valence-electron chi connectivity index (χ1n) is 12.2. The van der Waals surface area contributed by atoms with E-state index in [1.807, 2.05) is 20.8 Å². The van der Waals surface area contributed by atoms with E-state index < -0.39 is 22.2 Å². The van der Waals surface area contributed by atoms with Crippen molar-refractivity contribution in [3.05, 3.63) is 54.1 Å². The van der Waals surface area contributed by atoms with E-state index in [0.717, 1.165) is 0 Å². The van der Waals surface area contributed by atoms with Gasteiger partial charge in [0, 0.05) is 31.2 Å². The van der Waals surface area contributed by atoms with Gasteiger partial charge >= 0.3 is 6.03 Å². The number of ether oxygens (including phenoxy) is 1. The molecule has 0 saturated carbocycles. The summed E-state index contributed by atoms with van der Waals surface area (Å²) >= 11 is 0. The summed E-state index contributed by atoms with van der Waals surface area (Å²) in [6, 6.07) is 11.7. The van der Waals surface area contributed by atoms with E-state index in [1.165, 1.54) is 29.2 Å². The summed E-state index contributed by atoms with van der Waals surface area (Å²) in [4.78, 5) is 29.2. The molecule has 3 atom stereocenters. The zero-order valence-electron chi connectivity index (χ0n) is 21.8. The second kappa shape index (κ2) is 11.8. The molecule has 2 aromatic carbocycles. The van der Waals surface area contributed by atoms with E-state index in [2.05, 4.69) is 10.0 Å². The number of nitrogens with zero attached hydrogens (tertiary/aromatic N) is 2. The number of nitrogens with one attached hydrogen (secondary N) is 2. The van der Waals surface area contributed by atoms with Crippen molar-refractivity contribution in [2.24, 2.45) is 5.92 Å². The van der Waals surface area contributed by atoms with Crippen molar-refractivity contribution in [1.29, 1.82) is 0 Å². The largest absolute Gasteiger partial charge is 0.487 e. The Morgan fingerprint density at radius 1 is 1.19 bits per heavy atom. The molecule has 11 heteroatoms. The van der Waals surface area contributed by atoms with Gasteiger partial charge in [0.1, 0.15) is 11.9 Å². The van der Waals surface area contributed by atoms with Crippen molar-refractivity contribution in [3.8, 4) is 5.75 Å². The molecule has 3 amide bonds. The van der Waals surface area contributed by atoms with E-state index in [4.69, 9.17) is 4.74 Å². The highest BCUT2D eigenvalue weighted by Gasteiger charge is 2.34. The van der Waals surface area contributed by atoms with Crippen LogP contribution in [0, 0.1) is 5.92 Å². The van der Waals surface area contributed by atoms with Gasteiger partial charge in [-0.15, -0.1) is 0 Å². The molecular formula is C26H36N4O6S. The van der Waals surface area contributed by atoms with Crippen LogP contribution in [0.4, 0.5) is 10.5 Å². The van der Waals surface area contributed by atoms with Crippen molar-refractivity contribution in [2.75, 3.05) is 31.5 Å². The normalized spacial score (nSPS) is 18.8. The van der Waals surface area contributed by atoms with Crippen molar-refractivity contribution >= 4 is 27.6 Å². The number of rotatable bonds is 8. The number of likely N-dealkylation sites (N-methyl/N-ethyl adjacent to an activating group) is 1. The number of hydrogen-bond donors (Lipinski definition) is 3. The minimum Gasteiger partial charge on any atom is -0.487 e. The quantitative estimate of drug-likeness (QED) is 0.480. The van der Waals surface area contributed by atoms with E-state index in [9.17, 15) is 23.1 Å². The van der Waals surface area contributed by atoms with Crippen LogP contribution in [-0.4, -0.2) is 80.2 Å². The maximum atomic E-state index is 13.6. The third kappa shape index (κ3) is 6.92. The van der Waals surface area contributed by atoms with Gasteiger partial charge in [0.05, 0.1) is 29.7 Å². The molecule has 1 aliphatic heterocycles. The molecule has 0 saturated heterocycles. The van der Waals surface area contributed by atoms with Gasteiger partial charge in [0.2, 0.25) is 0 Å². The van der Waals surface area contributed by atoms with Gasteiger partial charge in [0.25, 0.3) is 15.9 Å². The minimum atomic E-state index is -3.87. The SMILES string of the molecule is CC(C)NC(=O)N(C)C[C@H]1Oc2ccc(NS(=O)(=O)c3ccccc3)cc2C(=O)N([C@@H](C)CO)C[C@H]1C. The Kier molecular flexibility index (Phi) is 9.03. The van der Waals surface area contributed by atoms with E-state index in [-0.39, 0.29) is 65.5 Å². The predicted octanol–water partition coefficient (Wildman–Crippen LogP) is 2.76. The lowest BCUT2D eigenvalue weighted by Gasteiger charge is -2.38. The van der Waals surface area contributed by atoms with Crippen molar-refractivity contribution in [2.45, 2.75) is 50.8 Å². The highest BCUT2D eigenvalue weighted by atomic mass is 32.2. The van der Waals surface area contributed by atoms with Crippen LogP contribution in [0.15, 0.2) is 53.4 Å². The molecule has 202 valence electrons. The summed E-state index contributed by atoms with van der Waals surface area (Å²) < 4.78 is 34.5. The monoisotopic (exact) mass is 532 g/mol. The number of amides is 3. The van der Waals surface area contributed by atoms with Crippen molar-refractivity contribution in [1.82, 2.24) is 15.1 Å². The van der Waals surface area contributed by atoms with Crippen molar-refractivity contribution < 1.29 is 27.9 Å². The maximum Gasteiger partial charge on any atom is 0.317 e. The highest BCUT2D eigenvalue weighted by molar-refractivity contribution is 7.92. The number of urea groups is 1. The second-order valence-electron chi connectivity index (χ2n) is 9.74. The Hall–Kier alpha value is -3.31. The Morgan fingerprint density at radius 3 is 2.49 bits per heavy atom. The molecule has 0 unspecified atom stereocenters. The summed E-state index contributed by atoms with van der Waals surface area (Å²) in [5.74, 6) is -0.276. The number of carbonyl (C=O) groups is 2. The molecule has 0 radical (unpaired) electrons. The van der Waals surface area contributed by atoms with Gasteiger partial charge in [-0.3, -0.25) is 9.52 Å².